The molecule has 7 heteroatoms. The van der Waals surface area contributed by atoms with Gasteiger partial charge in [0.05, 0.1) is 39.0 Å². The molecule has 0 saturated heterocycles. The lowest BCUT2D eigenvalue weighted by Crippen LogP contribution is -2.53. The molecule has 0 aliphatic heterocycles. The molecule has 0 rings (SSSR count). The highest BCUT2D eigenvalue weighted by atomic mass is 16.4. The Morgan fingerprint density at radius 2 is 1.09 bits per heavy atom. The minimum absolute atomic E-state index is 0.0984. The SMILES string of the molecule is CCCCCC/C=C/CCCCCCCC[N+](CCC(=O)[O-])(CCC(=O)O)CCC(=O)O. The van der Waals surface area contributed by atoms with Crippen LogP contribution in [0.5, 0.6) is 0 Å². The minimum atomic E-state index is -1.19. The smallest absolute Gasteiger partial charge is 0.309 e. The van der Waals surface area contributed by atoms with Crippen LogP contribution in [-0.4, -0.2) is 58.8 Å². The second-order valence-corrected chi connectivity index (χ2v) is 8.88. The number of carbonyl (C=O) groups excluding carboxylic acids is 1. The quantitative estimate of drug-likeness (QED) is 0.136. The fourth-order valence-corrected chi connectivity index (χ4v) is 4.01. The van der Waals surface area contributed by atoms with E-state index in [0.29, 0.717) is 6.54 Å². The number of hydrogen-bond donors (Lipinski definition) is 2. The normalized spacial score (nSPS) is 11.8. The van der Waals surface area contributed by atoms with E-state index < -0.39 is 17.9 Å². The third-order valence-corrected chi connectivity index (χ3v) is 6.03. The summed E-state index contributed by atoms with van der Waals surface area (Å²) in [7, 11) is 0. The predicted molar refractivity (Wildman–Crippen MR) is 124 cm³/mol. The van der Waals surface area contributed by atoms with Crippen LogP contribution >= 0.6 is 0 Å². The molecule has 0 radical (unpaired) electrons. The van der Waals surface area contributed by atoms with Crippen molar-refractivity contribution in [3.8, 4) is 0 Å². The van der Waals surface area contributed by atoms with Crippen LogP contribution < -0.4 is 5.11 Å². The first kappa shape index (κ1) is 30.1. The first-order valence-electron chi connectivity index (χ1n) is 12.4. The molecule has 0 amide bonds. The van der Waals surface area contributed by atoms with Crippen molar-refractivity contribution in [2.75, 3.05) is 26.2 Å². The summed E-state index contributed by atoms with van der Waals surface area (Å²) in [5.41, 5.74) is 0. The predicted octanol–water partition coefficient (Wildman–Crippen LogP) is 4.15. The average molecular weight is 456 g/mol. The molecule has 0 aromatic carbocycles. The molecule has 0 heterocycles. The number of aliphatic carboxylic acids is 3. The van der Waals surface area contributed by atoms with Crippen molar-refractivity contribution < 1.29 is 34.2 Å². The number of allylic oxidation sites excluding steroid dienone is 2. The molecule has 0 aromatic heterocycles. The van der Waals surface area contributed by atoms with Gasteiger partial charge in [0.15, 0.2) is 0 Å². The molecule has 0 atom stereocenters. The monoisotopic (exact) mass is 455 g/mol. The Hall–Kier alpha value is -1.89. The van der Waals surface area contributed by atoms with E-state index in [4.69, 9.17) is 10.2 Å². The Morgan fingerprint density at radius 1 is 0.656 bits per heavy atom. The fraction of sp³-hybridized carbons (Fsp3) is 0.800. The number of hydrogen-bond acceptors (Lipinski definition) is 4. The number of rotatable bonds is 23. The van der Waals surface area contributed by atoms with Gasteiger partial charge in [-0.15, -0.1) is 0 Å². The van der Waals surface area contributed by atoms with Crippen molar-refractivity contribution in [2.45, 2.75) is 103 Å². The van der Waals surface area contributed by atoms with Gasteiger partial charge in [-0.1, -0.05) is 57.6 Å². The topological polar surface area (TPSA) is 115 Å². The van der Waals surface area contributed by atoms with Crippen LogP contribution in [0.25, 0.3) is 0 Å². The molecule has 2 N–H and O–H groups in total. The molecule has 0 unspecified atom stereocenters. The molecule has 0 aliphatic rings. The number of carbonyl (C=O) groups is 3. The largest absolute Gasteiger partial charge is 0.550 e. The van der Waals surface area contributed by atoms with Gasteiger partial charge in [-0.2, -0.15) is 0 Å². The van der Waals surface area contributed by atoms with E-state index in [1.165, 1.54) is 44.9 Å². The van der Waals surface area contributed by atoms with Crippen LogP contribution in [0.3, 0.4) is 0 Å². The van der Waals surface area contributed by atoms with Crippen molar-refractivity contribution in [2.24, 2.45) is 0 Å². The zero-order valence-electron chi connectivity index (χ0n) is 20.1. The summed E-state index contributed by atoms with van der Waals surface area (Å²) in [5, 5.41) is 29.1. The van der Waals surface area contributed by atoms with Crippen molar-refractivity contribution in [3.63, 3.8) is 0 Å². The molecule has 0 spiro atoms. The van der Waals surface area contributed by atoms with Gasteiger partial charge < -0.3 is 24.6 Å². The van der Waals surface area contributed by atoms with Gasteiger partial charge in [0.25, 0.3) is 0 Å². The summed E-state index contributed by atoms with van der Waals surface area (Å²) >= 11 is 0. The lowest BCUT2D eigenvalue weighted by molar-refractivity contribution is -0.927. The van der Waals surface area contributed by atoms with Crippen molar-refractivity contribution in [3.05, 3.63) is 12.2 Å². The molecular formula is C25H45NO6. The van der Waals surface area contributed by atoms with Crippen molar-refractivity contribution in [1.82, 2.24) is 0 Å². The van der Waals surface area contributed by atoms with Gasteiger partial charge in [0, 0.05) is 12.4 Å². The van der Waals surface area contributed by atoms with Crippen LogP contribution in [-0.2, 0) is 14.4 Å². The number of quaternary nitrogens is 1. The standard InChI is InChI=1S/C25H45NO6/c1-2-3-4-5-6-7-8-9-10-11-12-13-14-15-19-26(20-16-23(27)28,21-17-24(29)30)22-18-25(31)32/h7-8H,2-6,9-22H2,1H3,(H2-,27,28,29,30,31,32)/b8-7+. The highest BCUT2D eigenvalue weighted by Gasteiger charge is 2.28. The second kappa shape index (κ2) is 19.8. The average Bonchev–Trinajstić information content (AvgIpc) is 2.74. The van der Waals surface area contributed by atoms with E-state index in [0.717, 1.165) is 32.1 Å². The van der Waals surface area contributed by atoms with Gasteiger partial charge in [0.2, 0.25) is 0 Å². The van der Waals surface area contributed by atoms with E-state index in [-0.39, 0.29) is 43.4 Å². The van der Waals surface area contributed by atoms with Crippen molar-refractivity contribution in [1.29, 1.82) is 0 Å². The zero-order chi connectivity index (χ0) is 24.1. The molecule has 0 saturated carbocycles. The van der Waals surface area contributed by atoms with E-state index in [9.17, 15) is 19.5 Å². The molecular weight excluding hydrogens is 410 g/mol. The molecule has 0 bridgehead atoms. The molecule has 0 fully saturated rings. The third-order valence-electron chi connectivity index (χ3n) is 6.03. The summed E-state index contributed by atoms with van der Waals surface area (Å²) in [6.07, 6.45) is 18.1. The summed E-state index contributed by atoms with van der Waals surface area (Å²) < 4.78 is 0.218. The van der Waals surface area contributed by atoms with Crippen LogP contribution in [0, 0.1) is 0 Å². The van der Waals surface area contributed by atoms with Crippen LogP contribution in [0.1, 0.15) is 103 Å². The van der Waals surface area contributed by atoms with Crippen LogP contribution in [0.4, 0.5) is 0 Å². The minimum Gasteiger partial charge on any atom is -0.550 e. The first-order valence-corrected chi connectivity index (χ1v) is 12.4. The summed E-state index contributed by atoms with van der Waals surface area (Å²) in [6.45, 7) is 3.55. The van der Waals surface area contributed by atoms with Crippen molar-refractivity contribution >= 4 is 17.9 Å². The van der Waals surface area contributed by atoms with Gasteiger partial charge in [-0.25, -0.2) is 0 Å². The molecule has 0 aliphatic carbocycles. The summed E-state index contributed by atoms with van der Waals surface area (Å²) in [6, 6.07) is 0. The zero-order valence-corrected chi connectivity index (χ0v) is 20.1. The van der Waals surface area contributed by atoms with Crippen LogP contribution in [0.2, 0.25) is 0 Å². The Morgan fingerprint density at radius 3 is 1.56 bits per heavy atom. The Bertz CT molecular complexity index is 501. The second-order valence-electron chi connectivity index (χ2n) is 8.88. The maximum absolute atomic E-state index is 11.1. The third kappa shape index (κ3) is 18.8. The van der Waals surface area contributed by atoms with Crippen LogP contribution in [0.15, 0.2) is 12.2 Å². The Kier molecular flexibility index (Phi) is 18.6. The number of nitrogens with zero attached hydrogens (tertiary/aromatic N) is 1. The summed E-state index contributed by atoms with van der Waals surface area (Å²) in [5.74, 6) is -3.09. The van der Waals surface area contributed by atoms with Gasteiger partial charge >= 0.3 is 11.9 Å². The van der Waals surface area contributed by atoms with Gasteiger partial charge in [0.1, 0.15) is 0 Å². The highest BCUT2D eigenvalue weighted by Crippen LogP contribution is 2.16. The number of carboxylic acids is 3. The molecule has 32 heavy (non-hydrogen) atoms. The Labute approximate surface area is 194 Å². The van der Waals surface area contributed by atoms with E-state index in [1.807, 2.05) is 0 Å². The maximum Gasteiger partial charge on any atom is 0.309 e. The molecule has 0 aromatic rings. The maximum atomic E-state index is 11.1. The number of carboxylic acid groups (broad SMARTS) is 3. The van der Waals surface area contributed by atoms with E-state index >= 15 is 0 Å². The molecule has 7 nitrogen and oxygen atoms in total. The van der Waals surface area contributed by atoms with E-state index in [1.54, 1.807) is 0 Å². The van der Waals surface area contributed by atoms with Gasteiger partial charge in [-0.3, -0.25) is 9.59 Å². The van der Waals surface area contributed by atoms with Gasteiger partial charge in [-0.05, 0) is 38.5 Å². The highest BCUT2D eigenvalue weighted by molar-refractivity contribution is 5.67. The molecule has 186 valence electrons. The fourth-order valence-electron chi connectivity index (χ4n) is 4.01. The number of unbranched alkanes of at least 4 members (excludes halogenated alkanes) is 10. The van der Waals surface area contributed by atoms with E-state index in [2.05, 4.69) is 19.1 Å². The summed E-state index contributed by atoms with van der Waals surface area (Å²) in [4.78, 5) is 33.1. The lowest BCUT2D eigenvalue weighted by atomic mass is 10.1. The lowest BCUT2D eigenvalue weighted by Gasteiger charge is -2.38. The first-order chi connectivity index (χ1) is 15.3. The Balaban J connectivity index is 4.24.